The molecule has 0 aliphatic carbocycles. The number of nitrogens with one attached hydrogen (secondary N) is 1. The summed E-state index contributed by atoms with van der Waals surface area (Å²) in [7, 11) is 0. The van der Waals surface area contributed by atoms with Crippen molar-refractivity contribution >= 4 is 17.5 Å². The van der Waals surface area contributed by atoms with Crippen molar-refractivity contribution in [3.63, 3.8) is 0 Å². The van der Waals surface area contributed by atoms with E-state index < -0.39 is 0 Å². The molecule has 0 saturated carbocycles. The largest absolute Gasteiger partial charge is 0.356 e. The first-order valence-electron chi connectivity index (χ1n) is 7.48. The second-order valence-electron chi connectivity index (χ2n) is 5.37. The quantitative estimate of drug-likeness (QED) is 0.818. The molecule has 0 unspecified atom stereocenters. The molecule has 4 heteroatoms. The van der Waals surface area contributed by atoms with Crippen molar-refractivity contribution in [1.82, 2.24) is 10.2 Å². The van der Waals surface area contributed by atoms with Gasteiger partial charge in [0.25, 0.3) is 0 Å². The van der Waals surface area contributed by atoms with E-state index in [0.717, 1.165) is 25.1 Å². The lowest BCUT2D eigenvalue weighted by atomic mass is 10.1. The third-order valence-electron chi connectivity index (χ3n) is 3.73. The minimum atomic E-state index is 0.0525. The predicted octanol–water partition coefficient (Wildman–Crippen LogP) is 2.87. The van der Waals surface area contributed by atoms with Crippen LogP contribution in [-0.2, 0) is 11.2 Å². The fourth-order valence-electron chi connectivity index (χ4n) is 2.59. The highest BCUT2D eigenvalue weighted by Crippen LogP contribution is 2.15. The van der Waals surface area contributed by atoms with Crippen molar-refractivity contribution in [2.75, 3.05) is 26.2 Å². The number of carbonyl (C=O) groups excluding carboxylic acids is 1. The first kappa shape index (κ1) is 15.3. The van der Waals surface area contributed by atoms with Crippen molar-refractivity contribution in [2.45, 2.75) is 32.1 Å². The third-order valence-corrected chi connectivity index (χ3v) is 4.10. The van der Waals surface area contributed by atoms with Crippen LogP contribution in [0.4, 0.5) is 0 Å². The number of hydrogen-bond acceptors (Lipinski definition) is 2. The van der Waals surface area contributed by atoms with Gasteiger partial charge in [0.1, 0.15) is 0 Å². The molecule has 0 radical (unpaired) electrons. The highest BCUT2D eigenvalue weighted by Gasteiger charge is 2.10. The molecule has 1 aliphatic rings. The molecule has 2 rings (SSSR count). The summed E-state index contributed by atoms with van der Waals surface area (Å²) >= 11 is 6.04. The molecule has 1 aromatic carbocycles. The zero-order valence-electron chi connectivity index (χ0n) is 11.9. The molecule has 1 amide bonds. The normalized spacial score (nSPS) is 16.1. The van der Waals surface area contributed by atoms with Crippen LogP contribution in [0.25, 0.3) is 0 Å². The topological polar surface area (TPSA) is 32.3 Å². The molecule has 1 heterocycles. The molecule has 1 aliphatic heterocycles. The number of carbonyl (C=O) groups is 1. The molecule has 0 spiro atoms. The zero-order chi connectivity index (χ0) is 14.2. The Morgan fingerprint density at radius 1 is 1.20 bits per heavy atom. The summed E-state index contributed by atoms with van der Waals surface area (Å²) in [5.41, 5.74) is 0.891. The van der Waals surface area contributed by atoms with Crippen molar-refractivity contribution in [1.29, 1.82) is 0 Å². The monoisotopic (exact) mass is 294 g/mol. The molecular formula is C16H23ClN2O. The van der Waals surface area contributed by atoms with E-state index in [0.29, 0.717) is 11.4 Å². The van der Waals surface area contributed by atoms with E-state index in [2.05, 4.69) is 10.2 Å². The third kappa shape index (κ3) is 5.14. The number of benzene rings is 1. The maximum absolute atomic E-state index is 11.8. The van der Waals surface area contributed by atoms with Crippen molar-refractivity contribution in [2.24, 2.45) is 0 Å². The standard InChI is InChI=1S/C16H23ClN2O/c17-15-8-3-2-7-14(15)13-16(20)18-9-6-12-19-10-4-1-5-11-19/h2-3,7-8H,1,4-6,9-13H2,(H,18,20). The number of hydrogen-bond donors (Lipinski definition) is 1. The smallest absolute Gasteiger partial charge is 0.224 e. The van der Waals surface area contributed by atoms with Crippen LogP contribution in [0.5, 0.6) is 0 Å². The Hall–Kier alpha value is -1.06. The molecule has 20 heavy (non-hydrogen) atoms. The second-order valence-corrected chi connectivity index (χ2v) is 5.78. The summed E-state index contributed by atoms with van der Waals surface area (Å²) < 4.78 is 0. The molecule has 1 saturated heterocycles. The van der Waals surface area contributed by atoms with Crippen LogP contribution in [0.2, 0.25) is 5.02 Å². The summed E-state index contributed by atoms with van der Waals surface area (Å²) in [5, 5.41) is 3.64. The Morgan fingerprint density at radius 3 is 2.70 bits per heavy atom. The van der Waals surface area contributed by atoms with Gasteiger partial charge in [0.15, 0.2) is 0 Å². The maximum Gasteiger partial charge on any atom is 0.224 e. The number of piperidine rings is 1. The van der Waals surface area contributed by atoms with E-state index in [9.17, 15) is 4.79 Å². The van der Waals surface area contributed by atoms with Crippen molar-refractivity contribution < 1.29 is 4.79 Å². The Balaban J connectivity index is 1.61. The minimum Gasteiger partial charge on any atom is -0.356 e. The van der Waals surface area contributed by atoms with Gasteiger partial charge < -0.3 is 10.2 Å². The average molecular weight is 295 g/mol. The lowest BCUT2D eigenvalue weighted by molar-refractivity contribution is -0.120. The van der Waals surface area contributed by atoms with Crippen LogP contribution >= 0.6 is 11.6 Å². The van der Waals surface area contributed by atoms with Gasteiger partial charge in [-0.05, 0) is 50.5 Å². The van der Waals surface area contributed by atoms with Crippen LogP contribution in [0.3, 0.4) is 0 Å². The number of rotatable bonds is 6. The van der Waals surface area contributed by atoms with Crippen LogP contribution < -0.4 is 5.32 Å². The maximum atomic E-state index is 11.8. The van der Waals surface area contributed by atoms with Gasteiger partial charge in [0, 0.05) is 11.6 Å². The summed E-state index contributed by atoms with van der Waals surface area (Å²) in [5.74, 6) is 0.0525. The summed E-state index contributed by atoms with van der Waals surface area (Å²) in [4.78, 5) is 14.3. The highest BCUT2D eigenvalue weighted by molar-refractivity contribution is 6.31. The predicted molar refractivity (Wildman–Crippen MR) is 83.1 cm³/mol. The van der Waals surface area contributed by atoms with E-state index in [1.54, 1.807) is 0 Å². The van der Waals surface area contributed by atoms with E-state index in [4.69, 9.17) is 11.6 Å². The molecule has 3 nitrogen and oxygen atoms in total. The second kappa shape index (κ2) is 8.28. The van der Waals surface area contributed by atoms with Crippen LogP contribution in [0.1, 0.15) is 31.2 Å². The Labute approximate surface area is 126 Å². The van der Waals surface area contributed by atoms with E-state index in [1.807, 2.05) is 24.3 Å². The van der Waals surface area contributed by atoms with Crippen LogP contribution in [0, 0.1) is 0 Å². The molecule has 0 aromatic heterocycles. The summed E-state index contributed by atoms with van der Waals surface area (Å²) in [6, 6.07) is 7.50. The van der Waals surface area contributed by atoms with Gasteiger partial charge in [-0.25, -0.2) is 0 Å². The summed E-state index contributed by atoms with van der Waals surface area (Å²) in [6.45, 7) is 4.27. The van der Waals surface area contributed by atoms with Gasteiger partial charge in [-0.3, -0.25) is 4.79 Å². The van der Waals surface area contributed by atoms with Crippen LogP contribution in [0.15, 0.2) is 24.3 Å². The molecule has 1 N–H and O–H groups in total. The van der Waals surface area contributed by atoms with Crippen LogP contribution in [-0.4, -0.2) is 37.0 Å². The fraction of sp³-hybridized carbons (Fsp3) is 0.562. The lowest BCUT2D eigenvalue weighted by Crippen LogP contribution is -2.33. The van der Waals surface area contributed by atoms with Gasteiger partial charge in [0.05, 0.1) is 6.42 Å². The molecule has 110 valence electrons. The molecule has 1 aromatic rings. The van der Waals surface area contributed by atoms with Gasteiger partial charge in [-0.15, -0.1) is 0 Å². The van der Waals surface area contributed by atoms with Gasteiger partial charge in [-0.2, -0.15) is 0 Å². The van der Waals surface area contributed by atoms with Gasteiger partial charge in [0.2, 0.25) is 5.91 Å². The lowest BCUT2D eigenvalue weighted by Gasteiger charge is -2.26. The molecule has 0 bridgehead atoms. The van der Waals surface area contributed by atoms with Gasteiger partial charge >= 0.3 is 0 Å². The number of nitrogens with zero attached hydrogens (tertiary/aromatic N) is 1. The molecule has 0 atom stereocenters. The number of halogens is 1. The highest BCUT2D eigenvalue weighted by atomic mass is 35.5. The summed E-state index contributed by atoms with van der Waals surface area (Å²) in [6.07, 6.45) is 5.39. The SMILES string of the molecule is O=C(Cc1ccccc1Cl)NCCCN1CCCCC1. The van der Waals surface area contributed by atoms with Gasteiger partial charge in [-0.1, -0.05) is 36.2 Å². The van der Waals surface area contributed by atoms with Crippen molar-refractivity contribution in [3.05, 3.63) is 34.9 Å². The number of likely N-dealkylation sites (tertiary alicyclic amines) is 1. The Kier molecular flexibility index (Phi) is 6.34. The van der Waals surface area contributed by atoms with E-state index in [-0.39, 0.29) is 5.91 Å². The Bertz CT molecular complexity index is 430. The Morgan fingerprint density at radius 2 is 1.95 bits per heavy atom. The molecular weight excluding hydrogens is 272 g/mol. The minimum absolute atomic E-state index is 0.0525. The first-order valence-corrected chi connectivity index (χ1v) is 7.86. The zero-order valence-corrected chi connectivity index (χ0v) is 12.7. The van der Waals surface area contributed by atoms with Crippen molar-refractivity contribution in [3.8, 4) is 0 Å². The number of amides is 1. The first-order chi connectivity index (χ1) is 9.75. The average Bonchev–Trinajstić information content (AvgIpc) is 2.47. The van der Waals surface area contributed by atoms with E-state index in [1.165, 1.54) is 32.4 Å². The molecule has 1 fully saturated rings. The van der Waals surface area contributed by atoms with E-state index >= 15 is 0 Å². The fourth-order valence-corrected chi connectivity index (χ4v) is 2.79.